The molecule has 1 aliphatic carbocycles. The van der Waals surface area contributed by atoms with E-state index >= 15 is 0 Å². The topological polar surface area (TPSA) is 103 Å². The number of ketones is 1. The first-order valence-electron chi connectivity index (χ1n) is 12.2. The second-order valence-corrected chi connectivity index (χ2v) is 11.7. The van der Waals surface area contributed by atoms with Crippen molar-refractivity contribution in [2.45, 2.75) is 24.7 Å². The van der Waals surface area contributed by atoms with Crippen LogP contribution in [-0.2, 0) is 23.5 Å². The van der Waals surface area contributed by atoms with Gasteiger partial charge in [0.1, 0.15) is 16.4 Å². The molecule has 0 saturated carbocycles. The van der Waals surface area contributed by atoms with E-state index in [0.29, 0.717) is 17.8 Å². The van der Waals surface area contributed by atoms with Crippen LogP contribution in [0.5, 0.6) is 0 Å². The van der Waals surface area contributed by atoms with Gasteiger partial charge in [0, 0.05) is 32.5 Å². The zero-order valence-electron chi connectivity index (χ0n) is 20.9. The molecule has 2 aliphatic rings. The van der Waals surface area contributed by atoms with Gasteiger partial charge in [0.05, 0.1) is 28.7 Å². The Kier molecular flexibility index (Phi) is 5.65. The minimum absolute atomic E-state index is 0.0217. The third kappa shape index (κ3) is 3.81. The summed E-state index contributed by atoms with van der Waals surface area (Å²) in [5.74, 6) is -0.571. The molecule has 1 aliphatic heterocycles. The molecule has 194 valence electrons. The number of sulfonamides is 1. The summed E-state index contributed by atoms with van der Waals surface area (Å²) in [6.45, 7) is 1.86. The zero-order valence-corrected chi connectivity index (χ0v) is 21.7. The molecule has 38 heavy (non-hydrogen) atoms. The van der Waals surface area contributed by atoms with Crippen molar-refractivity contribution in [1.82, 2.24) is 28.9 Å². The minimum Gasteiger partial charge on any atom is -0.291 e. The molecule has 11 heteroatoms. The first kappa shape index (κ1) is 24.4. The quantitative estimate of drug-likeness (QED) is 0.365. The van der Waals surface area contributed by atoms with Gasteiger partial charge in [-0.1, -0.05) is 11.6 Å². The number of Topliss-reactive ketones (excluding diaryl/α,β-unsaturated/α-hetero) is 1. The lowest BCUT2D eigenvalue weighted by atomic mass is 9.65. The van der Waals surface area contributed by atoms with Crippen LogP contribution in [0.4, 0.5) is 4.39 Å². The number of aryl methyl sites for hydroxylation is 2. The number of pyridine rings is 1. The monoisotopic (exact) mass is 532 g/mol. The Labute approximate surface area is 219 Å². The molecule has 0 bridgehead atoms. The number of aromatic nitrogens is 5. The number of nitrogens with zero attached hydrogens (tertiary/aromatic N) is 6. The third-order valence-electron chi connectivity index (χ3n) is 7.37. The Balaban J connectivity index is 1.46. The van der Waals surface area contributed by atoms with Crippen molar-refractivity contribution in [3.8, 4) is 5.69 Å². The molecule has 1 saturated heterocycles. The molecule has 6 rings (SSSR count). The van der Waals surface area contributed by atoms with Crippen LogP contribution in [-0.4, -0.2) is 56.1 Å². The normalized spacial score (nSPS) is 19.5. The summed E-state index contributed by atoms with van der Waals surface area (Å²) in [5.41, 5.74) is 2.68. The molecule has 0 radical (unpaired) electrons. The van der Waals surface area contributed by atoms with Gasteiger partial charge >= 0.3 is 0 Å². The number of hydrogen-bond acceptors (Lipinski definition) is 6. The summed E-state index contributed by atoms with van der Waals surface area (Å²) in [4.78, 5) is 18.6. The highest BCUT2D eigenvalue weighted by atomic mass is 32.2. The maximum Gasteiger partial charge on any atom is 0.246 e. The van der Waals surface area contributed by atoms with E-state index in [1.807, 2.05) is 6.08 Å². The fourth-order valence-electron chi connectivity index (χ4n) is 5.52. The van der Waals surface area contributed by atoms with Gasteiger partial charge in [0.25, 0.3) is 0 Å². The molecule has 0 amide bonds. The summed E-state index contributed by atoms with van der Waals surface area (Å²) in [6.07, 6.45) is 7.32. The lowest BCUT2D eigenvalue weighted by Crippen LogP contribution is -2.53. The van der Waals surface area contributed by atoms with Gasteiger partial charge in [0.15, 0.2) is 5.78 Å². The van der Waals surface area contributed by atoms with Gasteiger partial charge in [-0.05, 0) is 67.8 Å². The van der Waals surface area contributed by atoms with E-state index in [2.05, 4.69) is 15.2 Å². The van der Waals surface area contributed by atoms with Crippen molar-refractivity contribution >= 4 is 21.9 Å². The first-order valence-corrected chi connectivity index (χ1v) is 13.6. The molecule has 0 unspecified atom stereocenters. The summed E-state index contributed by atoms with van der Waals surface area (Å²) >= 11 is 0. The van der Waals surface area contributed by atoms with Crippen LogP contribution >= 0.6 is 0 Å². The van der Waals surface area contributed by atoms with Crippen molar-refractivity contribution in [3.05, 3.63) is 95.1 Å². The van der Waals surface area contributed by atoms with Crippen molar-refractivity contribution in [1.29, 1.82) is 0 Å². The molecular weight excluding hydrogens is 507 g/mol. The molecule has 1 fully saturated rings. The maximum atomic E-state index is 14.1. The summed E-state index contributed by atoms with van der Waals surface area (Å²) in [6, 6.07) is 11.2. The van der Waals surface area contributed by atoms with Gasteiger partial charge in [-0.15, -0.1) is 0 Å². The smallest absolute Gasteiger partial charge is 0.246 e. The molecule has 4 heterocycles. The molecule has 0 spiro atoms. The second kappa shape index (κ2) is 8.81. The van der Waals surface area contributed by atoms with Crippen LogP contribution in [0.25, 0.3) is 11.8 Å². The standard InChI is InChI=1S/C27H25FN6O3S/c1-18-25(16-32(2)31-18)38(36,37)33-12-10-20-13-24-19(15-30-34(24)22-8-6-21(28)7-9-22)14-27(20,17-33)26(35)23-5-3-4-11-29-23/h3-9,11,13,15-16H,10,12,14,17H2,1-2H3/t27-/m0/s1. The Morgan fingerprint density at radius 1 is 1.13 bits per heavy atom. The number of hydrogen-bond donors (Lipinski definition) is 0. The van der Waals surface area contributed by atoms with Crippen LogP contribution in [0.1, 0.15) is 33.9 Å². The van der Waals surface area contributed by atoms with Crippen LogP contribution < -0.4 is 0 Å². The average Bonchev–Trinajstić information content (AvgIpc) is 3.49. The van der Waals surface area contributed by atoms with E-state index in [4.69, 9.17) is 0 Å². The Morgan fingerprint density at radius 3 is 2.61 bits per heavy atom. The van der Waals surface area contributed by atoms with Gasteiger partial charge in [-0.25, -0.2) is 17.5 Å². The molecular formula is C27H25FN6O3S. The molecule has 1 atom stereocenters. The molecule has 1 aromatic carbocycles. The van der Waals surface area contributed by atoms with Crippen LogP contribution in [0.15, 0.2) is 71.5 Å². The van der Waals surface area contributed by atoms with Gasteiger partial charge in [-0.2, -0.15) is 14.5 Å². The van der Waals surface area contributed by atoms with Crippen molar-refractivity contribution in [3.63, 3.8) is 0 Å². The van der Waals surface area contributed by atoms with Gasteiger partial charge < -0.3 is 0 Å². The molecule has 3 aromatic heterocycles. The Morgan fingerprint density at radius 2 is 1.92 bits per heavy atom. The van der Waals surface area contributed by atoms with Crippen LogP contribution in [0.3, 0.4) is 0 Å². The lowest BCUT2D eigenvalue weighted by Gasteiger charge is -2.44. The number of halogens is 1. The largest absolute Gasteiger partial charge is 0.291 e. The molecule has 0 N–H and O–H groups in total. The van der Waals surface area contributed by atoms with E-state index in [1.165, 1.54) is 27.3 Å². The minimum atomic E-state index is -3.90. The van der Waals surface area contributed by atoms with E-state index in [1.54, 1.807) is 61.4 Å². The Bertz CT molecular complexity index is 1690. The number of carbonyl (C=O) groups excluding carboxylic acids is 1. The average molecular weight is 533 g/mol. The number of benzene rings is 1. The van der Waals surface area contributed by atoms with E-state index < -0.39 is 15.4 Å². The van der Waals surface area contributed by atoms with Crippen LogP contribution in [0, 0.1) is 18.2 Å². The number of fused-ring (bicyclic) bond motifs is 2. The van der Waals surface area contributed by atoms with E-state index in [0.717, 1.165) is 16.8 Å². The maximum absolute atomic E-state index is 14.1. The molecule has 4 aromatic rings. The highest BCUT2D eigenvalue weighted by molar-refractivity contribution is 7.89. The van der Waals surface area contributed by atoms with Crippen LogP contribution in [0.2, 0.25) is 0 Å². The van der Waals surface area contributed by atoms with Gasteiger partial charge in [0.2, 0.25) is 10.0 Å². The first-order chi connectivity index (χ1) is 18.2. The Hall–Kier alpha value is -3.96. The van der Waals surface area contributed by atoms with Crippen molar-refractivity contribution in [2.75, 3.05) is 13.1 Å². The van der Waals surface area contributed by atoms with E-state index in [-0.39, 0.29) is 41.7 Å². The third-order valence-corrected chi connectivity index (χ3v) is 9.32. The number of rotatable bonds is 5. The summed E-state index contributed by atoms with van der Waals surface area (Å²) in [7, 11) is -2.22. The number of carbonyl (C=O) groups is 1. The fourth-order valence-corrected chi connectivity index (χ4v) is 7.22. The highest BCUT2D eigenvalue weighted by Gasteiger charge is 2.51. The predicted octanol–water partition coefficient (Wildman–Crippen LogP) is 3.35. The number of piperidine rings is 1. The van der Waals surface area contributed by atoms with E-state index in [9.17, 15) is 17.6 Å². The van der Waals surface area contributed by atoms with Crippen molar-refractivity contribution in [2.24, 2.45) is 12.5 Å². The predicted molar refractivity (Wildman–Crippen MR) is 138 cm³/mol. The SMILES string of the molecule is Cc1nn(C)cc1S(=O)(=O)N1CCC2=Cc3c(cnn3-c3ccc(F)cc3)C[C@]2(C(=O)c2ccccn2)C1. The highest BCUT2D eigenvalue weighted by Crippen LogP contribution is 2.47. The lowest BCUT2D eigenvalue weighted by molar-refractivity contribution is 0.0770. The summed E-state index contributed by atoms with van der Waals surface area (Å²) in [5, 5.41) is 8.74. The fraction of sp³-hybridized carbons (Fsp3) is 0.259. The van der Waals surface area contributed by atoms with Gasteiger partial charge in [-0.3, -0.25) is 14.5 Å². The van der Waals surface area contributed by atoms with Crippen molar-refractivity contribution < 1.29 is 17.6 Å². The summed E-state index contributed by atoms with van der Waals surface area (Å²) < 4.78 is 45.6. The molecule has 9 nitrogen and oxygen atoms in total. The zero-order chi connectivity index (χ0) is 26.7. The second-order valence-electron chi connectivity index (χ2n) is 9.76.